The maximum Gasteiger partial charge on any atom is 0.116 e. The highest BCUT2D eigenvalue weighted by Gasteiger charge is 2.02. The van der Waals surface area contributed by atoms with E-state index in [0.29, 0.717) is 5.92 Å². The molecule has 0 aliphatic rings. The lowest BCUT2D eigenvalue weighted by Gasteiger charge is -2.05. The number of nitrogens with zero attached hydrogens (tertiary/aromatic N) is 1. The van der Waals surface area contributed by atoms with Crippen LogP contribution in [0.4, 0.5) is 0 Å². The van der Waals surface area contributed by atoms with E-state index in [4.69, 9.17) is 0 Å². The third-order valence-corrected chi connectivity index (χ3v) is 3.97. The summed E-state index contributed by atoms with van der Waals surface area (Å²) in [4.78, 5) is 9.09. The number of imidazole rings is 1. The summed E-state index contributed by atoms with van der Waals surface area (Å²) in [5.74, 6) is 2.60. The zero-order chi connectivity index (χ0) is 14.4. The van der Waals surface area contributed by atoms with Crippen molar-refractivity contribution in [3.63, 3.8) is 0 Å². The highest BCUT2D eigenvalue weighted by atomic mass is 32.2. The van der Waals surface area contributed by atoms with Gasteiger partial charge in [0.2, 0.25) is 0 Å². The van der Waals surface area contributed by atoms with E-state index in [9.17, 15) is 0 Å². The molecule has 2 rings (SSSR count). The first-order valence-corrected chi connectivity index (χ1v) is 8.05. The normalized spacial score (nSPS) is 11.2. The predicted molar refractivity (Wildman–Crippen MR) is 85.9 cm³/mol. The smallest absolute Gasteiger partial charge is 0.116 e. The Labute approximate surface area is 125 Å². The molecule has 0 radical (unpaired) electrons. The molecule has 0 amide bonds. The van der Waals surface area contributed by atoms with Gasteiger partial charge in [0.1, 0.15) is 5.82 Å². The highest BCUT2D eigenvalue weighted by molar-refractivity contribution is 7.98. The van der Waals surface area contributed by atoms with E-state index in [1.807, 2.05) is 18.0 Å². The molecule has 20 heavy (non-hydrogen) atoms. The molecular weight excluding hydrogens is 266 g/mol. The lowest BCUT2D eigenvalue weighted by molar-refractivity contribution is 0.549. The lowest BCUT2D eigenvalue weighted by atomic mass is 10.2. The van der Waals surface area contributed by atoms with E-state index >= 15 is 0 Å². The van der Waals surface area contributed by atoms with Gasteiger partial charge in [-0.2, -0.15) is 0 Å². The maximum atomic E-state index is 4.43. The van der Waals surface area contributed by atoms with Crippen LogP contribution in [0.1, 0.15) is 30.9 Å². The zero-order valence-electron chi connectivity index (χ0n) is 12.4. The van der Waals surface area contributed by atoms with Gasteiger partial charge in [-0.1, -0.05) is 31.5 Å². The minimum Gasteiger partial charge on any atom is -0.344 e. The second-order valence-corrected chi connectivity index (χ2v) is 6.53. The number of aromatic nitrogens is 2. The van der Waals surface area contributed by atoms with Crippen molar-refractivity contribution in [2.75, 3.05) is 6.54 Å². The van der Waals surface area contributed by atoms with Crippen LogP contribution in [0, 0.1) is 12.8 Å². The third kappa shape index (κ3) is 5.02. The fourth-order valence-corrected chi connectivity index (χ4v) is 2.63. The summed E-state index contributed by atoms with van der Waals surface area (Å²) in [5.41, 5.74) is 2.45. The van der Waals surface area contributed by atoms with Crippen molar-refractivity contribution in [2.45, 2.75) is 38.0 Å². The SMILES string of the molecule is Cc1ccc(SCc2ncc(CNCC(C)C)[nH]2)cc1. The molecule has 2 N–H and O–H groups in total. The summed E-state index contributed by atoms with van der Waals surface area (Å²) in [6, 6.07) is 8.61. The monoisotopic (exact) mass is 289 g/mol. The molecule has 0 unspecified atom stereocenters. The lowest BCUT2D eigenvalue weighted by Crippen LogP contribution is -2.19. The number of H-pyrrole nitrogens is 1. The Bertz CT molecular complexity index is 517. The van der Waals surface area contributed by atoms with E-state index in [1.165, 1.54) is 10.5 Å². The van der Waals surface area contributed by atoms with E-state index in [-0.39, 0.29) is 0 Å². The molecule has 2 aromatic rings. The van der Waals surface area contributed by atoms with Crippen LogP contribution in [-0.2, 0) is 12.3 Å². The molecule has 0 aliphatic heterocycles. The molecule has 1 heterocycles. The zero-order valence-corrected chi connectivity index (χ0v) is 13.3. The van der Waals surface area contributed by atoms with Crippen molar-refractivity contribution in [3.05, 3.63) is 47.5 Å². The highest BCUT2D eigenvalue weighted by Crippen LogP contribution is 2.21. The first kappa shape index (κ1) is 15.1. The van der Waals surface area contributed by atoms with Crippen LogP contribution in [0.25, 0.3) is 0 Å². The molecule has 0 atom stereocenters. The van der Waals surface area contributed by atoms with E-state index in [2.05, 4.69) is 60.3 Å². The van der Waals surface area contributed by atoms with Gasteiger partial charge in [0.05, 0.1) is 5.75 Å². The van der Waals surface area contributed by atoms with Crippen molar-refractivity contribution >= 4 is 11.8 Å². The second kappa shape index (κ2) is 7.50. The van der Waals surface area contributed by atoms with E-state index < -0.39 is 0 Å². The Kier molecular flexibility index (Phi) is 5.68. The van der Waals surface area contributed by atoms with Crippen LogP contribution in [0.2, 0.25) is 0 Å². The summed E-state index contributed by atoms with van der Waals surface area (Å²) in [6.45, 7) is 8.43. The number of aromatic amines is 1. The molecule has 108 valence electrons. The van der Waals surface area contributed by atoms with Crippen LogP contribution >= 0.6 is 11.8 Å². The number of rotatable bonds is 7. The Hall–Kier alpha value is -1.26. The van der Waals surface area contributed by atoms with Crippen molar-refractivity contribution < 1.29 is 0 Å². The molecule has 1 aromatic heterocycles. The fourth-order valence-electron chi connectivity index (χ4n) is 1.85. The average Bonchev–Trinajstić information content (AvgIpc) is 2.86. The topological polar surface area (TPSA) is 40.7 Å². The second-order valence-electron chi connectivity index (χ2n) is 5.48. The first-order valence-electron chi connectivity index (χ1n) is 7.06. The van der Waals surface area contributed by atoms with Crippen LogP contribution < -0.4 is 5.32 Å². The maximum absolute atomic E-state index is 4.43. The van der Waals surface area contributed by atoms with Crippen molar-refractivity contribution in [2.24, 2.45) is 5.92 Å². The Balaban J connectivity index is 1.79. The van der Waals surface area contributed by atoms with E-state index in [0.717, 1.165) is 30.4 Å². The summed E-state index contributed by atoms with van der Waals surface area (Å²) in [6.07, 6.45) is 1.93. The molecule has 0 saturated heterocycles. The molecule has 0 spiro atoms. The Morgan fingerprint density at radius 2 is 2.00 bits per heavy atom. The Morgan fingerprint density at radius 1 is 1.25 bits per heavy atom. The molecule has 4 heteroatoms. The van der Waals surface area contributed by atoms with E-state index in [1.54, 1.807) is 0 Å². The molecular formula is C16H23N3S. The van der Waals surface area contributed by atoms with Crippen LogP contribution in [0.15, 0.2) is 35.4 Å². The standard InChI is InChI=1S/C16H23N3S/c1-12(2)8-17-9-14-10-18-16(19-14)11-20-15-6-4-13(3)5-7-15/h4-7,10,12,17H,8-9,11H2,1-3H3,(H,18,19). The average molecular weight is 289 g/mol. The number of hydrogen-bond donors (Lipinski definition) is 2. The quantitative estimate of drug-likeness (QED) is 0.763. The number of aryl methyl sites for hydroxylation is 1. The summed E-state index contributed by atoms with van der Waals surface area (Å²) >= 11 is 1.81. The number of hydrogen-bond acceptors (Lipinski definition) is 3. The van der Waals surface area contributed by atoms with Crippen molar-refractivity contribution in [1.29, 1.82) is 0 Å². The van der Waals surface area contributed by atoms with Crippen LogP contribution in [-0.4, -0.2) is 16.5 Å². The van der Waals surface area contributed by atoms with Gasteiger partial charge in [-0.25, -0.2) is 4.98 Å². The molecule has 0 saturated carbocycles. The van der Waals surface area contributed by atoms with Crippen molar-refractivity contribution in [1.82, 2.24) is 15.3 Å². The van der Waals surface area contributed by atoms with Crippen LogP contribution in [0.5, 0.6) is 0 Å². The molecule has 0 aliphatic carbocycles. The fraction of sp³-hybridized carbons (Fsp3) is 0.438. The number of benzene rings is 1. The van der Waals surface area contributed by atoms with Gasteiger partial charge in [-0.3, -0.25) is 0 Å². The van der Waals surface area contributed by atoms with Gasteiger partial charge in [-0.05, 0) is 31.5 Å². The van der Waals surface area contributed by atoms with Gasteiger partial charge in [0, 0.05) is 23.3 Å². The van der Waals surface area contributed by atoms with Gasteiger partial charge in [0.15, 0.2) is 0 Å². The summed E-state index contributed by atoms with van der Waals surface area (Å²) in [7, 11) is 0. The van der Waals surface area contributed by atoms with Crippen molar-refractivity contribution in [3.8, 4) is 0 Å². The van der Waals surface area contributed by atoms with Gasteiger partial charge < -0.3 is 10.3 Å². The van der Waals surface area contributed by atoms with Gasteiger partial charge in [-0.15, -0.1) is 11.8 Å². The Morgan fingerprint density at radius 3 is 2.70 bits per heavy atom. The molecule has 3 nitrogen and oxygen atoms in total. The summed E-state index contributed by atoms with van der Waals surface area (Å²) < 4.78 is 0. The number of nitrogens with one attached hydrogen (secondary N) is 2. The van der Waals surface area contributed by atoms with Gasteiger partial charge >= 0.3 is 0 Å². The molecule has 1 aromatic carbocycles. The first-order chi connectivity index (χ1) is 9.63. The third-order valence-electron chi connectivity index (χ3n) is 2.95. The summed E-state index contributed by atoms with van der Waals surface area (Å²) in [5, 5.41) is 3.42. The predicted octanol–water partition coefficient (Wildman–Crippen LogP) is 3.76. The largest absolute Gasteiger partial charge is 0.344 e. The minimum absolute atomic E-state index is 0.675. The van der Waals surface area contributed by atoms with Gasteiger partial charge in [0.25, 0.3) is 0 Å². The minimum atomic E-state index is 0.675. The number of thioether (sulfide) groups is 1. The molecule has 0 bridgehead atoms. The molecule has 0 fully saturated rings. The van der Waals surface area contributed by atoms with Crippen LogP contribution in [0.3, 0.4) is 0 Å².